The highest BCUT2D eigenvalue weighted by Crippen LogP contribution is 2.33. The van der Waals surface area contributed by atoms with E-state index in [-0.39, 0.29) is 0 Å². The van der Waals surface area contributed by atoms with Crippen molar-refractivity contribution in [3.05, 3.63) is 17.2 Å². The van der Waals surface area contributed by atoms with E-state index >= 15 is 0 Å². The minimum atomic E-state index is 0.367. The third kappa shape index (κ3) is 1.33. The van der Waals surface area contributed by atoms with Crippen molar-refractivity contribution in [2.45, 2.75) is 0 Å². The van der Waals surface area contributed by atoms with E-state index in [2.05, 4.69) is 0 Å². The fraction of sp³-hybridized carbons (Fsp3) is 0.143. The highest BCUT2D eigenvalue weighted by molar-refractivity contribution is 6.35. The molecule has 4 N–H and O–H groups in total. The molecule has 11 heavy (non-hydrogen) atoms. The lowest BCUT2D eigenvalue weighted by Crippen LogP contribution is -1.96. The summed E-state index contributed by atoms with van der Waals surface area (Å²) in [5.74, 6) is 0.540. The summed E-state index contributed by atoms with van der Waals surface area (Å²) in [5.41, 5.74) is 11.8. The molecular weight excluding hydrogens is 164 g/mol. The molecule has 0 unspecified atom stereocenters. The number of nitrogens with two attached hydrogens (primary N) is 2. The molecule has 60 valence electrons. The van der Waals surface area contributed by atoms with Gasteiger partial charge in [0.05, 0.1) is 18.5 Å². The van der Waals surface area contributed by atoms with Crippen LogP contribution in [-0.2, 0) is 0 Å². The molecule has 0 spiro atoms. The van der Waals surface area contributed by atoms with Crippen molar-refractivity contribution in [1.82, 2.24) is 0 Å². The molecule has 0 radical (unpaired) electrons. The lowest BCUT2D eigenvalue weighted by atomic mass is 10.2. The molecular formula is C7H9ClN2O. The van der Waals surface area contributed by atoms with Crippen LogP contribution in [0, 0.1) is 0 Å². The summed E-state index contributed by atoms with van der Waals surface area (Å²) >= 11 is 5.77. The summed E-state index contributed by atoms with van der Waals surface area (Å²) in [6.45, 7) is 0. The van der Waals surface area contributed by atoms with E-state index in [4.69, 9.17) is 27.8 Å². The number of hydrogen-bond donors (Lipinski definition) is 2. The van der Waals surface area contributed by atoms with Crippen LogP contribution in [0.2, 0.25) is 5.02 Å². The topological polar surface area (TPSA) is 61.3 Å². The monoisotopic (exact) mass is 172 g/mol. The Morgan fingerprint density at radius 3 is 2.55 bits per heavy atom. The molecule has 0 aliphatic carbocycles. The third-order valence-corrected chi connectivity index (χ3v) is 1.79. The Morgan fingerprint density at radius 2 is 2.00 bits per heavy atom. The molecule has 0 saturated carbocycles. The van der Waals surface area contributed by atoms with Gasteiger partial charge in [-0.15, -0.1) is 0 Å². The molecule has 0 fully saturated rings. The predicted molar refractivity (Wildman–Crippen MR) is 46.8 cm³/mol. The van der Waals surface area contributed by atoms with Crippen LogP contribution in [0.25, 0.3) is 0 Å². The zero-order valence-electron chi connectivity index (χ0n) is 6.10. The van der Waals surface area contributed by atoms with Crippen molar-refractivity contribution in [3.8, 4) is 5.75 Å². The lowest BCUT2D eigenvalue weighted by Gasteiger charge is -2.06. The van der Waals surface area contributed by atoms with Crippen molar-refractivity contribution in [2.75, 3.05) is 18.6 Å². The van der Waals surface area contributed by atoms with Crippen LogP contribution >= 0.6 is 11.6 Å². The van der Waals surface area contributed by atoms with Crippen molar-refractivity contribution in [2.24, 2.45) is 0 Å². The SMILES string of the molecule is COc1ccc(N)c(N)c1Cl. The molecule has 1 aromatic carbocycles. The second-order valence-corrected chi connectivity index (χ2v) is 2.46. The van der Waals surface area contributed by atoms with Gasteiger partial charge in [0.1, 0.15) is 10.8 Å². The maximum absolute atomic E-state index is 5.77. The van der Waals surface area contributed by atoms with Crippen molar-refractivity contribution in [3.63, 3.8) is 0 Å². The van der Waals surface area contributed by atoms with Gasteiger partial charge in [-0.05, 0) is 12.1 Å². The van der Waals surface area contributed by atoms with Gasteiger partial charge < -0.3 is 16.2 Å². The van der Waals surface area contributed by atoms with E-state index in [0.29, 0.717) is 22.1 Å². The molecule has 0 aliphatic rings. The van der Waals surface area contributed by atoms with E-state index in [1.807, 2.05) is 0 Å². The number of rotatable bonds is 1. The number of ether oxygens (including phenoxy) is 1. The van der Waals surface area contributed by atoms with Crippen LogP contribution in [0.3, 0.4) is 0 Å². The van der Waals surface area contributed by atoms with Gasteiger partial charge in [0.15, 0.2) is 0 Å². The van der Waals surface area contributed by atoms with Crippen molar-refractivity contribution in [1.29, 1.82) is 0 Å². The van der Waals surface area contributed by atoms with Crippen LogP contribution in [0.1, 0.15) is 0 Å². The summed E-state index contributed by atoms with van der Waals surface area (Å²) in [4.78, 5) is 0. The number of anilines is 2. The Labute approximate surface area is 69.9 Å². The van der Waals surface area contributed by atoms with Crippen LogP contribution in [0.5, 0.6) is 5.75 Å². The smallest absolute Gasteiger partial charge is 0.139 e. The maximum Gasteiger partial charge on any atom is 0.139 e. The first-order valence-electron chi connectivity index (χ1n) is 3.04. The van der Waals surface area contributed by atoms with Crippen LogP contribution in [0.15, 0.2) is 12.1 Å². The number of nitrogen functional groups attached to an aromatic ring is 2. The molecule has 0 aliphatic heterocycles. The van der Waals surface area contributed by atoms with E-state index in [1.54, 1.807) is 12.1 Å². The average Bonchev–Trinajstić information content (AvgIpc) is 2.01. The largest absolute Gasteiger partial charge is 0.495 e. The maximum atomic E-state index is 5.77. The lowest BCUT2D eigenvalue weighted by molar-refractivity contribution is 0.415. The van der Waals surface area contributed by atoms with Gasteiger partial charge in [-0.2, -0.15) is 0 Å². The summed E-state index contributed by atoms with van der Waals surface area (Å²) in [7, 11) is 1.52. The van der Waals surface area contributed by atoms with E-state index in [9.17, 15) is 0 Å². The van der Waals surface area contributed by atoms with Crippen LogP contribution < -0.4 is 16.2 Å². The predicted octanol–water partition coefficient (Wildman–Crippen LogP) is 1.51. The highest BCUT2D eigenvalue weighted by atomic mass is 35.5. The van der Waals surface area contributed by atoms with Gasteiger partial charge in [0, 0.05) is 0 Å². The van der Waals surface area contributed by atoms with Gasteiger partial charge >= 0.3 is 0 Å². The standard InChI is InChI=1S/C7H9ClN2O/c1-11-5-3-2-4(9)7(10)6(5)8/h2-3H,9-10H2,1H3. The normalized spacial score (nSPS) is 9.64. The van der Waals surface area contributed by atoms with E-state index in [1.165, 1.54) is 7.11 Å². The Bertz CT molecular complexity index is 275. The number of hydrogen-bond acceptors (Lipinski definition) is 3. The Balaban J connectivity index is 3.25. The van der Waals surface area contributed by atoms with Gasteiger partial charge in [0.2, 0.25) is 0 Å². The molecule has 0 saturated heterocycles. The highest BCUT2D eigenvalue weighted by Gasteiger charge is 2.05. The number of halogens is 1. The molecule has 4 heteroatoms. The minimum Gasteiger partial charge on any atom is -0.495 e. The number of benzene rings is 1. The first kappa shape index (κ1) is 8.01. The van der Waals surface area contributed by atoms with Crippen LogP contribution in [0.4, 0.5) is 11.4 Å². The quantitative estimate of drug-likeness (QED) is 0.632. The molecule has 0 aromatic heterocycles. The second kappa shape index (κ2) is 2.88. The summed E-state index contributed by atoms with van der Waals surface area (Å²) in [6.07, 6.45) is 0. The third-order valence-electron chi connectivity index (χ3n) is 1.40. The molecule has 0 bridgehead atoms. The van der Waals surface area contributed by atoms with Gasteiger partial charge in [-0.1, -0.05) is 11.6 Å². The van der Waals surface area contributed by atoms with Gasteiger partial charge in [0.25, 0.3) is 0 Å². The second-order valence-electron chi connectivity index (χ2n) is 2.08. The van der Waals surface area contributed by atoms with Crippen molar-refractivity contribution < 1.29 is 4.74 Å². The first-order chi connectivity index (χ1) is 5.16. The summed E-state index contributed by atoms with van der Waals surface area (Å²) < 4.78 is 4.91. The Kier molecular flexibility index (Phi) is 2.10. The molecule has 3 nitrogen and oxygen atoms in total. The van der Waals surface area contributed by atoms with E-state index in [0.717, 1.165) is 0 Å². The fourth-order valence-corrected chi connectivity index (χ4v) is 0.995. The molecule has 0 amide bonds. The minimum absolute atomic E-state index is 0.367. The zero-order valence-corrected chi connectivity index (χ0v) is 6.85. The van der Waals surface area contributed by atoms with Gasteiger partial charge in [-0.25, -0.2) is 0 Å². The van der Waals surface area contributed by atoms with Crippen LogP contribution in [-0.4, -0.2) is 7.11 Å². The molecule has 0 heterocycles. The molecule has 1 rings (SSSR count). The first-order valence-corrected chi connectivity index (χ1v) is 3.42. The van der Waals surface area contributed by atoms with E-state index < -0.39 is 0 Å². The molecule has 0 atom stereocenters. The molecule has 1 aromatic rings. The Hall–Kier alpha value is -1.09. The number of methoxy groups -OCH3 is 1. The summed E-state index contributed by atoms with van der Waals surface area (Å²) in [6, 6.07) is 3.33. The fourth-order valence-electron chi connectivity index (χ4n) is 0.746. The average molecular weight is 173 g/mol. The van der Waals surface area contributed by atoms with Crippen molar-refractivity contribution >= 4 is 23.0 Å². The van der Waals surface area contributed by atoms with Gasteiger partial charge in [-0.3, -0.25) is 0 Å². The zero-order chi connectivity index (χ0) is 8.43. The summed E-state index contributed by atoms with van der Waals surface area (Å²) in [5, 5.41) is 0.368. The Morgan fingerprint density at radius 1 is 1.36 bits per heavy atom.